The molecule has 0 unspecified atom stereocenters. The molecule has 0 aliphatic carbocycles. The van der Waals surface area contributed by atoms with Gasteiger partial charge in [0.1, 0.15) is 12.4 Å². The number of hydrogen-bond acceptors (Lipinski definition) is 3. The first-order chi connectivity index (χ1) is 5.33. The van der Waals surface area contributed by atoms with Gasteiger partial charge in [0.05, 0.1) is 13.2 Å². The van der Waals surface area contributed by atoms with Gasteiger partial charge in [0, 0.05) is 19.9 Å². The van der Waals surface area contributed by atoms with Gasteiger partial charge < -0.3 is 14.4 Å². The summed E-state index contributed by atoms with van der Waals surface area (Å²) in [5, 5.41) is 0. The minimum atomic E-state index is 0.782. The maximum atomic E-state index is 5.27. The average Bonchev–Trinajstić information content (AvgIpc) is 2.01. The highest BCUT2D eigenvalue weighted by atomic mass is 16.5. The smallest absolute Gasteiger partial charge is 0.109 e. The van der Waals surface area contributed by atoms with Crippen LogP contribution < -0.4 is 0 Å². The average molecular weight is 157 g/mol. The fourth-order valence-electron chi connectivity index (χ4n) is 1.07. The first kappa shape index (κ1) is 8.40. The first-order valence-corrected chi connectivity index (χ1v) is 3.87. The normalized spacial score (nSPS) is 17.6. The quantitative estimate of drug-likeness (QED) is 0.605. The van der Waals surface area contributed by atoms with Crippen molar-refractivity contribution in [2.45, 2.75) is 6.92 Å². The van der Waals surface area contributed by atoms with Gasteiger partial charge in [-0.15, -0.1) is 0 Å². The van der Waals surface area contributed by atoms with Crippen LogP contribution >= 0.6 is 0 Å². The van der Waals surface area contributed by atoms with E-state index < -0.39 is 0 Å². The zero-order valence-electron chi connectivity index (χ0n) is 7.17. The zero-order valence-corrected chi connectivity index (χ0v) is 7.17. The van der Waals surface area contributed by atoms with E-state index in [0.717, 1.165) is 32.1 Å². The first-order valence-electron chi connectivity index (χ1n) is 3.87. The molecule has 1 rings (SSSR count). The van der Waals surface area contributed by atoms with Crippen molar-refractivity contribution in [2.75, 3.05) is 33.4 Å². The van der Waals surface area contributed by atoms with Crippen molar-refractivity contribution >= 4 is 0 Å². The van der Waals surface area contributed by atoms with Crippen LogP contribution in [-0.2, 0) is 9.47 Å². The summed E-state index contributed by atoms with van der Waals surface area (Å²) < 4.78 is 10.2. The molecule has 64 valence electrons. The lowest BCUT2D eigenvalue weighted by Crippen LogP contribution is -2.29. The number of nitrogens with zero attached hydrogens (tertiary/aromatic N) is 1. The van der Waals surface area contributed by atoms with Crippen molar-refractivity contribution in [2.24, 2.45) is 0 Å². The summed E-state index contributed by atoms with van der Waals surface area (Å²) in [5.74, 6) is 0.993. The molecule has 1 heterocycles. The van der Waals surface area contributed by atoms with E-state index in [4.69, 9.17) is 9.47 Å². The van der Waals surface area contributed by atoms with Crippen molar-refractivity contribution < 1.29 is 9.47 Å². The second-order valence-electron chi connectivity index (χ2n) is 2.62. The molecule has 3 heteroatoms. The molecular formula is C8H15NO2. The third-order valence-electron chi connectivity index (χ3n) is 1.66. The van der Waals surface area contributed by atoms with Gasteiger partial charge in [-0.25, -0.2) is 0 Å². The van der Waals surface area contributed by atoms with Gasteiger partial charge in [-0.3, -0.25) is 0 Å². The molecule has 1 aliphatic rings. The van der Waals surface area contributed by atoms with Gasteiger partial charge in [0.2, 0.25) is 0 Å². The fraction of sp³-hybridized carbons (Fsp3) is 0.750. The highest BCUT2D eigenvalue weighted by Gasteiger charge is 2.06. The van der Waals surface area contributed by atoms with Crippen molar-refractivity contribution in [3.05, 3.63) is 12.0 Å². The van der Waals surface area contributed by atoms with Gasteiger partial charge in [-0.1, -0.05) is 0 Å². The number of rotatable bonds is 3. The predicted molar refractivity (Wildman–Crippen MR) is 43.2 cm³/mol. The summed E-state index contributed by atoms with van der Waals surface area (Å²) in [6.07, 6.45) is 2.03. The van der Waals surface area contributed by atoms with Gasteiger partial charge in [0.25, 0.3) is 0 Å². The van der Waals surface area contributed by atoms with Crippen molar-refractivity contribution in [1.29, 1.82) is 0 Å². The molecule has 1 aliphatic heterocycles. The minimum absolute atomic E-state index is 0.782. The summed E-state index contributed by atoms with van der Waals surface area (Å²) in [4.78, 5) is 2.21. The summed E-state index contributed by atoms with van der Waals surface area (Å²) in [7, 11) is 1.72. The van der Waals surface area contributed by atoms with E-state index in [1.54, 1.807) is 7.11 Å². The highest BCUT2D eigenvalue weighted by molar-refractivity contribution is 4.91. The standard InChI is InChI=1S/C8H15NO2/c1-8-7-9(3-5-10-2)4-6-11-8/h7H,3-6H2,1-2H3. The van der Waals surface area contributed by atoms with Crippen LogP contribution in [0.3, 0.4) is 0 Å². The lowest BCUT2D eigenvalue weighted by molar-refractivity contribution is 0.117. The Morgan fingerprint density at radius 2 is 2.55 bits per heavy atom. The lowest BCUT2D eigenvalue weighted by atomic mass is 10.4. The van der Waals surface area contributed by atoms with E-state index in [0.29, 0.717) is 0 Å². The van der Waals surface area contributed by atoms with Crippen LogP contribution in [0.1, 0.15) is 6.92 Å². The second-order valence-corrected chi connectivity index (χ2v) is 2.62. The third kappa shape index (κ3) is 2.80. The zero-order chi connectivity index (χ0) is 8.10. The SMILES string of the molecule is COCCN1C=C(C)OCC1. The summed E-state index contributed by atoms with van der Waals surface area (Å²) in [5.41, 5.74) is 0. The molecule has 0 amide bonds. The van der Waals surface area contributed by atoms with Crippen molar-refractivity contribution in [1.82, 2.24) is 4.90 Å². The Bertz CT molecular complexity index is 145. The molecule has 0 bridgehead atoms. The molecule has 0 aromatic heterocycles. The van der Waals surface area contributed by atoms with Crippen molar-refractivity contribution in [3.8, 4) is 0 Å². The van der Waals surface area contributed by atoms with Crippen molar-refractivity contribution in [3.63, 3.8) is 0 Å². The number of hydrogen-bond donors (Lipinski definition) is 0. The molecule has 0 radical (unpaired) electrons. The van der Waals surface area contributed by atoms with E-state index in [2.05, 4.69) is 4.90 Å². The van der Waals surface area contributed by atoms with E-state index in [1.807, 2.05) is 13.1 Å². The Morgan fingerprint density at radius 3 is 3.18 bits per heavy atom. The predicted octanol–water partition coefficient (Wildman–Crippen LogP) is 0.826. The van der Waals surface area contributed by atoms with Gasteiger partial charge >= 0.3 is 0 Å². The van der Waals surface area contributed by atoms with Crippen LogP contribution in [-0.4, -0.2) is 38.3 Å². The van der Waals surface area contributed by atoms with Crippen LogP contribution in [0.25, 0.3) is 0 Å². The van der Waals surface area contributed by atoms with E-state index in [9.17, 15) is 0 Å². The third-order valence-corrected chi connectivity index (χ3v) is 1.66. The lowest BCUT2D eigenvalue weighted by Gasteiger charge is -2.25. The Balaban J connectivity index is 2.28. The molecule has 0 spiro atoms. The molecule has 11 heavy (non-hydrogen) atoms. The molecule has 0 atom stereocenters. The largest absolute Gasteiger partial charge is 0.495 e. The van der Waals surface area contributed by atoms with Crippen LogP contribution in [0.5, 0.6) is 0 Å². The Morgan fingerprint density at radius 1 is 1.73 bits per heavy atom. The Labute approximate surface area is 67.6 Å². The van der Waals surface area contributed by atoms with Crippen LogP contribution in [0.4, 0.5) is 0 Å². The van der Waals surface area contributed by atoms with E-state index >= 15 is 0 Å². The molecule has 0 saturated heterocycles. The summed E-state index contributed by atoms with van der Waals surface area (Å²) in [6.45, 7) is 5.48. The fourth-order valence-corrected chi connectivity index (χ4v) is 1.07. The van der Waals surface area contributed by atoms with Gasteiger partial charge in [0.15, 0.2) is 0 Å². The molecule has 0 aromatic rings. The van der Waals surface area contributed by atoms with Crippen LogP contribution in [0.2, 0.25) is 0 Å². The number of allylic oxidation sites excluding steroid dienone is 1. The Hall–Kier alpha value is -0.700. The minimum Gasteiger partial charge on any atom is -0.495 e. The van der Waals surface area contributed by atoms with E-state index in [1.165, 1.54) is 0 Å². The van der Waals surface area contributed by atoms with Crippen LogP contribution in [0.15, 0.2) is 12.0 Å². The van der Waals surface area contributed by atoms with Gasteiger partial charge in [-0.05, 0) is 6.92 Å². The molecule has 0 fully saturated rings. The van der Waals surface area contributed by atoms with E-state index in [-0.39, 0.29) is 0 Å². The summed E-state index contributed by atoms with van der Waals surface area (Å²) in [6, 6.07) is 0. The monoisotopic (exact) mass is 157 g/mol. The molecule has 0 N–H and O–H groups in total. The Kier molecular flexibility index (Phi) is 3.23. The molecule has 0 saturated carbocycles. The second kappa shape index (κ2) is 4.23. The maximum Gasteiger partial charge on any atom is 0.109 e. The summed E-state index contributed by atoms with van der Waals surface area (Å²) >= 11 is 0. The van der Waals surface area contributed by atoms with Crippen LogP contribution in [0, 0.1) is 0 Å². The molecule has 3 nitrogen and oxygen atoms in total. The maximum absolute atomic E-state index is 5.27. The highest BCUT2D eigenvalue weighted by Crippen LogP contribution is 2.05. The number of methoxy groups -OCH3 is 1. The molecule has 0 aromatic carbocycles. The topological polar surface area (TPSA) is 21.7 Å². The molecular weight excluding hydrogens is 142 g/mol. The number of ether oxygens (including phenoxy) is 2. The van der Waals surface area contributed by atoms with Gasteiger partial charge in [-0.2, -0.15) is 0 Å².